The van der Waals surface area contributed by atoms with Crippen LogP contribution in [0, 0.1) is 23.7 Å². The first kappa shape index (κ1) is 9.95. The summed E-state index contributed by atoms with van der Waals surface area (Å²) >= 11 is 0. The van der Waals surface area contributed by atoms with Gasteiger partial charge in [0.25, 0.3) is 0 Å². The normalized spacial score (nSPS) is 30.5. The highest BCUT2D eigenvalue weighted by Gasteiger charge is 2.59. The lowest BCUT2D eigenvalue weighted by Gasteiger charge is -2.04. The van der Waals surface area contributed by atoms with Gasteiger partial charge in [0.1, 0.15) is 17.8 Å². The number of hydrogen-bond donors (Lipinski definition) is 0. The number of rotatable bonds is 5. The number of hydrogen-bond acceptors (Lipinski definition) is 0. The van der Waals surface area contributed by atoms with Crippen LogP contribution < -0.4 is 0 Å². The molecule has 1 saturated carbocycles. The lowest BCUT2D eigenvalue weighted by Crippen LogP contribution is -1.99. The molecule has 0 saturated heterocycles. The lowest BCUT2D eigenvalue weighted by molar-refractivity contribution is 0.430. The molecule has 3 unspecified atom stereocenters. The molecule has 1 fully saturated rings. The van der Waals surface area contributed by atoms with E-state index in [0.29, 0.717) is 0 Å². The summed E-state index contributed by atoms with van der Waals surface area (Å²) < 4.78 is 0. The van der Waals surface area contributed by atoms with Gasteiger partial charge in [-0.2, -0.15) is 0 Å². The van der Waals surface area contributed by atoms with Crippen molar-refractivity contribution in [3.8, 4) is 0 Å². The fraction of sp³-hybridized carbons (Fsp3) is 0.917. The molecule has 12 heavy (non-hydrogen) atoms. The summed E-state index contributed by atoms with van der Waals surface area (Å²) in [5, 5.41) is 0. The molecule has 0 aromatic heterocycles. The van der Waals surface area contributed by atoms with E-state index in [-0.39, 0.29) is 0 Å². The van der Waals surface area contributed by atoms with Gasteiger partial charge in [0, 0.05) is 5.92 Å². The van der Waals surface area contributed by atoms with Crippen molar-refractivity contribution in [2.75, 3.05) is 0 Å². The third kappa shape index (κ3) is 2.18. The zero-order valence-corrected chi connectivity index (χ0v) is 9.06. The molecule has 0 heteroatoms. The van der Waals surface area contributed by atoms with Crippen molar-refractivity contribution in [2.45, 2.75) is 53.4 Å². The quantitative estimate of drug-likeness (QED) is 0.428. The summed E-state index contributed by atoms with van der Waals surface area (Å²) in [6.45, 7) is 9.40. The molecule has 0 aromatic carbocycles. The molecule has 0 aromatic rings. The highest BCUT2D eigenvalue weighted by Crippen LogP contribution is 2.53. The highest BCUT2D eigenvalue weighted by atomic mass is 14.5. The van der Waals surface area contributed by atoms with Crippen LogP contribution in [0.5, 0.6) is 0 Å². The predicted octanol–water partition coefficient (Wildman–Crippen LogP) is 4.06. The monoisotopic (exact) mass is 167 g/mol. The van der Waals surface area contributed by atoms with E-state index < -0.39 is 0 Å². The summed E-state index contributed by atoms with van der Waals surface area (Å²) in [6.07, 6.45) is 5.66. The van der Waals surface area contributed by atoms with Crippen molar-refractivity contribution >= 4 is 0 Å². The van der Waals surface area contributed by atoms with E-state index in [1.54, 1.807) is 5.92 Å². The van der Waals surface area contributed by atoms with E-state index in [1.807, 2.05) is 0 Å². The van der Waals surface area contributed by atoms with Crippen molar-refractivity contribution in [1.82, 2.24) is 0 Å². The third-order valence-corrected chi connectivity index (χ3v) is 3.55. The lowest BCUT2D eigenvalue weighted by atomic mass is 9.96. The second-order valence-corrected chi connectivity index (χ2v) is 4.53. The summed E-state index contributed by atoms with van der Waals surface area (Å²) in [6, 6.07) is 0. The molecule has 0 N–H and O–H groups in total. The molecule has 0 bridgehead atoms. The van der Waals surface area contributed by atoms with Gasteiger partial charge < -0.3 is 0 Å². The minimum atomic E-state index is 0.932. The van der Waals surface area contributed by atoms with E-state index in [1.165, 1.54) is 25.7 Å². The van der Waals surface area contributed by atoms with Gasteiger partial charge in [-0.3, -0.25) is 0 Å². The van der Waals surface area contributed by atoms with Gasteiger partial charge in [0.2, 0.25) is 0 Å². The van der Waals surface area contributed by atoms with E-state index in [9.17, 15) is 0 Å². The van der Waals surface area contributed by atoms with E-state index in [2.05, 4.69) is 27.7 Å². The van der Waals surface area contributed by atoms with Crippen molar-refractivity contribution in [1.29, 1.82) is 0 Å². The largest absolute Gasteiger partial charge is 0.145 e. The summed E-state index contributed by atoms with van der Waals surface area (Å²) in [7, 11) is 0. The second kappa shape index (κ2) is 4.20. The first-order valence-electron chi connectivity index (χ1n) is 5.51. The molecule has 1 aliphatic rings. The Morgan fingerprint density at radius 3 is 2.33 bits per heavy atom. The Balaban J connectivity index is 2.09. The third-order valence-electron chi connectivity index (χ3n) is 3.55. The van der Waals surface area contributed by atoms with Crippen LogP contribution in [0.3, 0.4) is 0 Å². The Kier molecular flexibility index (Phi) is 3.49. The highest BCUT2D eigenvalue weighted by molar-refractivity contribution is 5.17. The molecule has 0 amide bonds. The number of unbranched alkanes of at least 4 members (excludes halogenated alkanes) is 2. The maximum absolute atomic E-state index is 2.42. The maximum atomic E-state index is 2.42. The fourth-order valence-corrected chi connectivity index (χ4v) is 2.43. The van der Waals surface area contributed by atoms with Gasteiger partial charge in [-0.05, 0) is 13.3 Å². The predicted molar refractivity (Wildman–Crippen MR) is 54.9 cm³/mol. The van der Waals surface area contributed by atoms with Gasteiger partial charge in [-0.25, -0.2) is 0 Å². The van der Waals surface area contributed by atoms with Crippen molar-refractivity contribution in [3.63, 3.8) is 0 Å². The molecule has 0 aliphatic heterocycles. The summed E-state index contributed by atoms with van der Waals surface area (Å²) in [5.41, 5.74) is 0. The van der Waals surface area contributed by atoms with E-state index in [4.69, 9.17) is 0 Å². The fourth-order valence-electron chi connectivity index (χ4n) is 2.43. The molecule has 0 heterocycles. The van der Waals surface area contributed by atoms with Gasteiger partial charge in [0.05, 0.1) is 6.92 Å². The van der Waals surface area contributed by atoms with E-state index in [0.717, 1.165) is 17.8 Å². The van der Waals surface area contributed by atoms with Crippen LogP contribution in [0.4, 0.5) is 0 Å². The zero-order valence-electron chi connectivity index (χ0n) is 9.06. The molecule has 70 valence electrons. The Hall–Kier alpha value is -0.130. The van der Waals surface area contributed by atoms with Gasteiger partial charge in [-0.1, -0.05) is 33.1 Å². The van der Waals surface area contributed by atoms with Gasteiger partial charge in [0.15, 0.2) is 0 Å². The van der Waals surface area contributed by atoms with Gasteiger partial charge in [-0.15, -0.1) is 0 Å². The molecule has 1 aliphatic carbocycles. The van der Waals surface area contributed by atoms with Crippen LogP contribution in [-0.4, -0.2) is 0 Å². The first-order valence-corrected chi connectivity index (χ1v) is 5.51. The Bertz CT molecular complexity index is 120. The smallest absolute Gasteiger partial charge is 0.0654 e. The molecule has 0 nitrogen and oxygen atoms in total. The van der Waals surface area contributed by atoms with Crippen molar-refractivity contribution < 1.29 is 0 Å². The molecule has 1 rings (SSSR count). The van der Waals surface area contributed by atoms with Crippen LogP contribution in [0.25, 0.3) is 0 Å². The molecular formula is C12H23+. The Morgan fingerprint density at radius 1 is 1.33 bits per heavy atom. The minimum Gasteiger partial charge on any atom is -0.0654 e. The average Bonchev–Trinajstić information content (AvgIpc) is 2.61. The molecule has 0 spiro atoms. The average molecular weight is 167 g/mol. The SMILES string of the molecule is CCCCCC(C)C1[C+](C)C1C. The maximum Gasteiger partial charge on any atom is 0.145 e. The van der Waals surface area contributed by atoms with Crippen LogP contribution in [0.1, 0.15) is 53.4 Å². The molecule has 3 atom stereocenters. The van der Waals surface area contributed by atoms with Crippen molar-refractivity contribution in [2.24, 2.45) is 17.8 Å². The summed E-state index contributed by atoms with van der Waals surface area (Å²) in [4.78, 5) is 0. The molecule has 0 radical (unpaired) electrons. The molecular weight excluding hydrogens is 144 g/mol. The topological polar surface area (TPSA) is 0 Å². The Labute approximate surface area is 77.7 Å². The van der Waals surface area contributed by atoms with Gasteiger partial charge >= 0.3 is 0 Å². The van der Waals surface area contributed by atoms with Crippen molar-refractivity contribution in [3.05, 3.63) is 5.92 Å². The van der Waals surface area contributed by atoms with Crippen LogP contribution in [0.2, 0.25) is 0 Å². The first-order chi connectivity index (χ1) is 5.68. The van der Waals surface area contributed by atoms with Crippen LogP contribution >= 0.6 is 0 Å². The minimum absolute atomic E-state index is 0.932. The van der Waals surface area contributed by atoms with Crippen LogP contribution in [-0.2, 0) is 0 Å². The Morgan fingerprint density at radius 2 is 1.92 bits per heavy atom. The van der Waals surface area contributed by atoms with E-state index >= 15 is 0 Å². The second-order valence-electron chi connectivity index (χ2n) is 4.53. The summed E-state index contributed by atoms with van der Waals surface area (Å²) in [5.74, 6) is 4.61. The zero-order chi connectivity index (χ0) is 9.14. The van der Waals surface area contributed by atoms with Crippen LogP contribution in [0.15, 0.2) is 0 Å². The standard InChI is InChI=1S/C12H23/c1-5-6-7-8-9(2)12-10(3)11(12)4/h9-10,12H,5-8H2,1-4H3/q+1.